The van der Waals surface area contributed by atoms with Gasteiger partial charge in [0.15, 0.2) is 0 Å². The van der Waals surface area contributed by atoms with Crippen LogP contribution in [0.1, 0.15) is 93.8 Å². The van der Waals surface area contributed by atoms with E-state index in [0.717, 1.165) is 38.5 Å². The van der Waals surface area contributed by atoms with Gasteiger partial charge >= 0.3 is 11.9 Å². The molecule has 12 nitrogen and oxygen atoms in total. The van der Waals surface area contributed by atoms with Gasteiger partial charge in [-0.3, -0.25) is 9.59 Å². The number of morpholine rings is 2. The minimum absolute atomic E-state index is 0.0228. The standard InChI is InChI=1S/C18H23NO5.C17H21NO5/c1-3-24-16-9-12(7-8-15(16)18(21)22-2)17(20)19-13-5-4-6-14(19)11-23-10-13;1-2-23-15-8-11(6-7-14(15)17(20)21)16(19)18-12-4-3-5-13(18)10-22-9-12/h7-9,13-14H,3-6,10-11H2,1-2H3;6-8,12-13H,2-5,9-10H2,1H3,(H,20,21). The van der Waals surface area contributed by atoms with Crippen LogP contribution in [0, 0.1) is 0 Å². The summed E-state index contributed by atoms with van der Waals surface area (Å²) >= 11 is 0. The van der Waals surface area contributed by atoms with E-state index < -0.39 is 11.9 Å². The molecule has 4 saturated heterocycles. The van der Waals surface area contributed by atoms with Gasteiger partial charge in [0.1, 0.15) is 22.6 Å². The fourth-order valence-electron chi connectivity index (χ4n) is 6.94. The molecule has 1 N–H and O–H groups in total. The number of nitrogens with zero attached hydrogens (tertiary/aromatic N) is 2. The van der Waals surface area contributed by atoms with Crippen molar-refractivity contribution < 1.29 is 48.0 Å². The molecule has 4 bridgehead atoms. The molecular weight excluding hydrogens is 608 g/mol. The van der Waals surface area contributed by atoms with E-state index in [9.17, 15) is 24.3 Å². The van der Waals surface area contributed by atoms with E-state index in [4.69, 9.17) is 23.7 Å². The molecular formula is C35H44N2O10. The van der Waals surface area contributed by atoms with Crippen molar-refractivity contribution in [2.75, 3.05) is 46.8 Å². The number of rotatable bonds is 8. The lowest BCUT2D eigenvalue weighted by atomic mass is 9.93. The molecule has 2 amide bonds. The molecule has 4 atom stereocenters. The first-order valence-electron chi connectivity index (χ1n) is 16.4. The first kappa shape index (κ1) is 34.2. The Hall–Kier alpha value is -4.16. The summed E-state index contributed by atoms with van der Waals surface area (Å²) in [6.45, 7) is 6.72. The lowest BCUT2D eigenvalue weighted by molar-refractivity contribution is -0.0566. The number of amides is 2. The second-order valence-corrected chi connectivity index (χ2v) is 12.1. The Labute approximate surface area is 274 Å². The van der Waals surface area contributed by atoms with E-state index in [1.807, 2.05) is 16.7 Å². The number of carbonyl (C=O) groups is 4. The molecule has 0 spiro atoms. The van der Waals surface area contributed by atoms with Crippen LogP contribution in [0.2, 0.25) is 0 Å². The fourth-order valence-corrected chi connectivity index (χ4v) is 6.94. The number of carbonyl (C=O) groups excluding carboxylic acids is 3. The quantitative estimate of drug-likeness (QED) is 0.407. The van der Waals surface area contributed by atoms with Gasteiger partial charge in [-0.05, 0) is 88.8 Å². The Morgan fingerprint density at radius 2 is 1.11 bits per heavy atom. The van der Waals surface area contributed by atoms with E-state index in [2.05, 4.69) is 0 Å². The average molecular weight is 653 g/mol. The van der Waals surface area contributed by atoms with Gasteiger partial charge in [-0.1, -0.05) is 0 Å². The summed E-state index contributed by atoms with van der Waals surface area (Å²) in [5, 5.41) is 9.21. The van der Waals surface area contributed by atoms with Gasteiger partial charge in [-0.25, -0.2) is 9.59 Å². The molecule has 2 aromatic rings. The Morgan fingerprint density at radius 1 is 0.702 bits per heavy atom. The summed E-state index contributed by atoms with van der Waals surface area (Å²) in [6.07, 6.45) is 6.10. The van der Waals surface area contributed by atoms with E-state index in [1.165, 1.54) is 13.2 Å². The molecule has 4 fully saturated rings. The molecule has 2 aromatic carbocycles. The highest BCUT2D eigenvalue weighted by Crippen LogP contribution is 2.32. The summed E-state index contributed by atoms with van der Waals surface area (Å²) in [7, 11) is 1.33. The second kappa shape index (κ2) is 15.6. The normalized spacial score (nSPS) is 23.1. The first-order valence-corrected chi connectivity index (χ1v) is 16.4. The Balaban J connectivity index is 0.000000185. The topological polar surface area (TPSA) is 141 Å². The smallest absolute Gasteiger partial charge is 0.341 e. The third kappa shape index (κ3) is 7.54. The Morgan fingerprint density at radius 3 is 1.49 bits per heavy atom. The van der Waals surface area contributed by atoms with Crippen LogP contribution in [0.5, 0.6) is 11.5 Å². The number of esters is 1. The third-order valence-corrected chi connectivity index (χ3v) is 9.13. The number of piperidine rings is 2. The maximum Gasteiger partial charge on any atom is 0.341 e. The highest BCUT2D eigenvalue weighted by Gasteiger charge is 2.39. The van der Waals surface area contributed by atoms with Crippen molar-refractivity contribution in [2.45, 2.75) is 76.5 Å². The van der Waals surface area contributed by atoms with Crippen LogP contribution < -0.4 is 9.47 Å². The van der Waals surface area contributed by atoms with Crippen LogP contribution in [0.25, 0.3) is 0 Å². The summed E-state index contributed by atoms with van der Waals surface area (Å²) < 4.78 is 26.9. The summed E-state index contributed by atoms with van der Waals surface area (Å²) in [5.74, 6) is -1.000. The molecule has 254 valence electrons. The average Bonchev–Trinajstić information content (AvgIpc) is 3.07. The molecule has 47 heavy (non-hydrogen) atoms. The minimum atomic E-state index is -1.06. The van der Waals surface area contributed by atoms with Crippen LogP contribution in [-0.4, -0.2) is 110 Å². The molecule has 4 aliphatic heterocycles. The van der Waals surface area contributed by atoms with Gasteiger partial charge < -0.3 is 38.6 Å². The number of carboxylic acids is 1. The molecule has 0 radical (unpaired) electrons. The van der Waals surface area contributed by atoms with Crippen LogP contribution in [0.15, 0.2) is 36.4 Å². The highest BCUT2D eigenvalue weighted by molar-refractivity contribution is 5.99. The predicted molar refractivity (Wildman–Crippen MR) is 170 cm³/mol. The van der Waals surface area contributed by atoms with E-state index in [1.54, 1.807) is 37.3 Å². The van der Waals surface area contributed by atoms with Crippen molar-refractivity contribution in [3.05, 3.63) is 58.7 Å². The number of aromatic carboxylic acids is 1. The number of carboxylic acid groups (broad SMARTS) is 1. The van der Waals surface area contributed by atoms with E-state index in [0.29, 0.717) is 62.1 Å². The fraction of sp³-hybridized carbons (Fsp3) is 0.543. The van der Waals surface area contributed by atoms with Gasteiger partial charge in [0, 0.05) is 11.1 Å². The van der Waals surface area contributed by atoms with Crippen LogP contribution >= 0.6 is 0 Å². The lowest BCUT2D eigenvalue weighted by Crippen LogP contribution is -2.57. The number of hydrogen-bond acceptors (Lipinski definition) is 9. The highest BCUT2D eigenvalue weighted by atomic mass is 16.5. The molecule has 4 unspecified atom stereocenters. The first-order chi connectivity index (χ1) is 22.8. The van der Waals surface area contributed by atoms with E-state index >= 15 is 0 Å². The molecule has 6 rings (SSSR count). The zero-order valence-corrected chi connectivity index (χ0v) is 27.3. The van der Waals surface area contributed by atoms with Gasteiger partial charge in [-0.2, -0.15) is 0 Å². The largest absolute Gasteiger partial charge is 0.493 e. The Bertz CT molecular complexity index is 1420. The molecule has 4 heterocycles. The van der Waals surface area contributed by atoms with Crippen molar-refractivity contribution in [1.29, 1.82) is 0 Å². The van der Waals surface area contributed by atoms with Crippen LogP contribution in [0.4, 0.5) is 0 Å². The minimum Gasteiger partial charge on any atom is -0.493 e. The van der Waals surface area contributed by atoms with Crippen LogP contribution in [-0.2, 0) is 14.2 Å². The number of benzene rings is 2. The maximum atomic E-state index is 13.0. The molecule has 0 aliphatic carbocycles. The zero-order valence-electron chi connectivity index (χ0n) is 27.3. The summed E-state index contributed by atoms with van der Waals surface area (Å²) in [4.78, 5) is 52.9. The molecule has 12 heteroatoms. The van der Waals surface area contributed by atoms with Crippen molar-refractivity contribution in [3.8, 4) is 11.5 Å². The third-order valence-electron chi connectivity index (χ3n) is 9.13. The second-order valence-electron chi connectivity index (χ2n) is 12.1. The van der Waals surface area contributed by atoms with Crippen molar-refractivity contribution in [1.82, 2.24) is 9.80 Å². The van der Waals surface area contributed by atoms with Crippen LogP contribution in [0.3, 0.4) is 0 Å². The van der Waals surface area contributed by atoms with Crippen molar-refractivity contribution in [2.24, 2.45) is 0 Å². The number of fused-ring (bicyclic) bond motifs is 4. The predicted octanol–water partition coefficient (Wildman–Crippen LogP) is 4.44. The monoisotopic (exact) mass is 652 g/mol. The SMILES string of the molecule is CCOc1cc(C(=O)N2C3CCCC2COC3)ccc1C(=O)O.CCOc1cc(C(=O)N2C3CCCC2COC3)ccc1C(=O)OC. The number of ether oxygens (including phenoxy) is 5. The lowest BCUT2D eigenvalue weighted by Gasteiger charge is -2.45. The van der Waals surface area contributed by atoms with Gasteiger partial charge in [0.25, 0.3) is 11.8 Å². The molecule has 4 aliphatic rings. The number of hydrogen-bond donors (Lipinski definition) is 1. The Kier molecular flexibility index (Phi) is 11.4. The van der Waals surface area contributed by atoms with Gasteiger partial charge in [0.2, 0.25) is 0 Å². The number of methoxy groups -OCH3 is 1. The maximum absolute atomic E-state index is 13.0. The van der Waals surface area contributed by atoms with Gasteiger partial charge in [-0.15, -0.1) is 0 Å². The summed E-state index contributed by atoms with van der Waals surface area (Å²) in [5.41, 5.74) is 1.41. The summed E-state index contributed by atoms with van der Waals surface area (Å²) in [6, 6.07) is 9.97. The zero-order chi connectivity index (χ0) is 33.5. The molecule has 0 saturated carbocycles. The van der Waals surface area contributed by atoms with Crippen molar-refractivity contribution >= 4 is 23.8 Å². The van der Waals surface area contributed by atoms with E-state index in [-0.39, 0.29) is 47.3 Å². The molecule has 0 aromatic heterocycles. The van der Waals surface area contributed by atoms with Gasteiger partial charge in [0.05, 0.1) is 70.9 Å². The van der Waals surface area contributed by atoms with Crippen molar-refractivity contribution in [3.63, 3.8) is 0 Å².